The van der Waals surface area contributed by atoms with Gasteiger partial charge in [0.15, 0.2) is 0 Å². The normalized spacial score (nSPS) is 25.3. The summed E-state index contributed by atoms with van der Waals surface area (Å²) >= 11 is 0. The van der Waals surface area contributed by atoms with Gasteiger partial charge in [-0.25, -0.2) is 0 Å². The first-order chi connectivity index (χ1) is 8.50. The molecular formula is C14H30N2O2. The molecular weight excluding hydrogens is 228 g/mol. The van der Waals surface area contributed by atoms with Crippen LogP contribution in [0.3, 0.4) is 0 Å². The summed E-state index contributed by atoms with van der Waals surface area (Å²) < 4.78 is 5.67. The van der Waals surface area contributed by atoms with Gasteiger partial charge in [-0.15, -0.1) is 0 Å². The quantitative estimate of drug-likeness (QED) is 0.687. The van der Waals surface area contributed by atoms with E-state index in [1.54, 1.807) is 0 Å². The fraction of sp³-hybridized carbons (Fsp3) is 1.00. The predicted molar refractivity (Wildman–Crippen MR) is 74.9 cm³/mol. The van der Waals surface area contributed by atoms with Crippen molar-refractivity contribution in [3.05, 3.63) is 0 Å². The van der Waals surface area contributed by atoms with Gasteiger partial charge in [0, 0.05) is 24.7 Å². The van der Waals surface area contributed by atoms with E-state index in [0.717, 1.165) is 26.1 Å². The molecule has 0 aromatic heterocycles. The zero-order valence-electron chi connectivity index (χ0n) is 12.4. The van der Waals surface area contributed by atoms with Crippen molar-refractivity contribution in [3.8, 4) is 0 Å². The second kappa shape index (κ2) is 7.43. The Labute approximate surface area is 112 Å². The third-order valence-corrected chi connectivity index (χ3v) is 3.97. The van der Waals surface area contributed by atoms with Crippen molar-refractivity contribution in [2.24, 2.45) is 0 Å². The molecule has 3 unspecified atom stereocenters. The summed E-state index contributed by atoms with van der Waals surface area (Å²) in [5.41, 5.74) is -0.182. The summed E-state index contributed by atoms with van der Waals surface area (Å²) in [4.78, 5) is 2.35. The lowest BCUT2D eigenvalue weighted by Crippen LogP contribution is -2.50. The highest BCUT2D eigenvalue weighted by molar-refractivity contribution is 4.87. The second-order valence-electron chi connectivity index (χ2n) is 5.88. The summed E-state index contributed by atoms with van der Waals surface area (Å²) in [7, 11) is 2.15. The third kappa shape index (κ3) is 4.84. The minimum atomic E-state index is -0.182. The average molecular weight is 258 g/mol. The molecule has 0 spiro atoms. The van der Waals surface area contributed by atoms with Crippen LogP contribution in [0.15, 0.2) is 0 Å². The summed E-state index contributed by atoms with van der Waals surface area (Å²) in [6, 6.07) is 0.436. The zero-order chi connectivity index (χ0) is 13.6. The molecule has 4 heteroatoms. The van der Waals surface area contributed by atoms with Crippen LogP contribution in [0.4, 0.5) is 0 Å². The molecule has 0 aromatic carbocycles. The number of likely N-dealkylation sites (N-methyl/N-ethyl adjacent to an activating group) is 2. The largest absolute Gasteiger partial charge is 0.394 e. The van der Waals surface area contributed by atoms with Crippen LogP contribution in [0.1, 0.15) is 40.0 Å². The molecule has 0 saturated carbocycles. The molecule has 108 valence electrons. The standard InChI is InChI=1S/C14H30N2O2/c1-5-15-14(3,11-17)9-12(2)16(4)10-13-7-6-8-18-13/h12-13,15,17H,5-11H2,1-4H3. The molecule has 1 fully saturated rings. The van der Waals surface area contributed by atoms with E-state index in [0.29, 0.717) is 12.1 Å². The van der Waals surface area contributed by atoms with Gasteiger partial charge in [0.25, 0.3) is 0 Å². The number of nitrogens with zero attached hydrogens (tertiary/aromatic N) is 1. The summed E-state index contributed by atoms with van der Waals surface area (Å²) in [5, 5.41) is 12.9. The maximum atomic E-state index is 9.53. The maximum absolute atomic E-state index is 9.53. The maximum Gasteiger partial charge on any atom is 0.0702 e. The van der Waals surface area contributed by atoms with Crippen LogP contribution in [0.5, 0.6) is 0 Å². The Hall–Kier alpha value is -0.160. The van der Waals surface area contributed by atoms with Gasteiger partial charge < -0.3 is 20.1 Å². The van der Waals surface area contributed by atoms with E-state index in [2.05, 4.69) is 38.0 Å². The molecule has 1 saturated heterocycles. The predicted octanol–water partition coefficient (Wildman–Crippen LogP) is 1.24. The van der Waals surface area contributed by atoms with Gasteiger partial charge >= 0.3 is 0 Å². The topological polar surface area (TPSA) is 44.7 Å². The highest BCUT2D eigenvalue weighted by atomic mass is 16.5. The number of rotatable bonds is 8. The molecule has 1 aliphatic rings. The van der Waals surface area contributed by atoms with Crippen molar-refractivity contribution in [1.29, 1.82) is 0 Å². The first-order valence-electron chi connectivity index (χ1n) is 7.18. The van der Waals surface area contributed by atoms with Crippen LogP contribution < -0.4 is 5.32 Å². The van der Waals surface area contributed by atoms with Crippen molar-refractivity contribution >= 4 is 0 Å². The smallest absolute Gasteiger partial charge is 0.0702 e. The van der Waals surface area contributed by atoms with Crippen molar-refractivity contribution in [3.63, 3.8) is 0 Å². The molecule has 1 aliphatic heterocycles. The van der Waals surface area contributed by atoms with Crippen molar-refractivity contribution in [2.45, 2.75) is 57.7 Å². The minimum absolute atomic E-state index is 0.180. The van der Waals surface area contributed by atoms with E-state index in [1.807, 2.05) is 0 Å². The molecule has 0 aromatic rings. The Morgan fingerprint density at radius 3 is 2.78 bits per heavy atom. The minimum Gasteiger partial charge on any atom is -0.394 e. The lowest BCUT2D eigenvalue weighted by molar-refractivity contribution is 0.0589. The Kier molecular flexibility index (Phi) is 6.57. The molecule has 2 N–H and O–H groups in total. The third-order valence-electron chi connectivity index (χ3n) is 3.97. The molecule has 0 bridgehead atoms. The van der Waals surface area contributed by atoms with E-state index in [9.17, 15) is 5.11 Å². The molecule has 18 heavy (non-hydrogen) atoms. The summed E-state index contributed by atoms with van der Waals surface area (Å²) in [6.45, 7) is 9.37. The number of hydrogen-bond acceptors (Lipinski definition) is 4. The van der Waals surface area contributed by atoms with Crippen LogP contribution in [-0.4, -0.2) is 61.0 Å². The SMILES string of the molecule is CCNC(C)(CO)CC(C)N(C)CC1CCCO1. The molecule has 0 aliphatic carbocycles. The fourth-order valence-corrected chi connectivity index (χ4v) is 2.72. The molecule has 1 rings (SSSR count). The first kappa shape index (κ1) is 15.9. The number of aliphatic hydroxyl groups excluding tert-OH is 1. The molecule has 0 amide bonds. The van der Waals surface area contributed by atoms with Gasteiger partial charge in [-0.2, -0.15) is 0 Å². The van der Waals surface area contributed by atoms with Gasteiger partial charge in [-0.1, -0.05) is 6.92 Å². The van der Waals surface area contributed by atoms with E-state index >= 15 is 0 Å². The second-order valence-corrected chi connectivity index (χ2v) is 5.88. The van der Waals surface area contributed by atoms with Gasteiger partial charge in [-0.3, -0.25) is 0 Å². The molecule has 3 atom stereocenters. The number of aliphatic hydroxyl groups is 1. The van der Waals surface area contributed by atoms with Crippen molar-refractivity contribution < 1.29 is 9.84 Å². The first-order valence-corrected chi connectivity index (χ1v) is 7.18. The Morgan fingerprint density at radius 2 is 2.28 bits per heavy atom. The molecule has 0 radical (unpaired) electrons. The van der Waals surface area contributed by atoms with E-state index < -0.39 is 0 Å². The van der Waals surface area contributed by atoms with Crippen molar-refractivity contribution in [2.75, 3.05) is 33.4 Å². The Morgan fingerprint density at radius 1 is 1.56 bits per heavy atom. The highest BCUT2D eigenvalue weighted by Gasteiger charge is 2.27. The van der Waals surface area contributed by atoms with E-state index in [-0.39, 0.29) is 12.1 Å². The van der Waals surface area contributed by atoms with E-state index in [1.165, 1.54) is 12.8 Å². The Balaban J connectivity index is 2.39. The van der Waals surface area contributed by atoms with Crippen LogP contribution in [0, 0.1) is 0 Å². The van der Waals surface area contributed by atoms with E-state index in [4.69, 9.17) is 4.74 Å². The molecule has 1 heterocycles. The van der Waals surface area contributed by atoms with Gasteiger partial charge in [-0.05, 0) is 46.7 Å². The number of nitrogens with one attached hydrogen (secondary N) is 1. The zero-order valence-corrected chi connectivity index (χ0v) is 12.4. The van der Waals surface area contributed by atoms with Crippen LogP contribution in [-0.2, 0) is 4.74 Å². The van der Waals surface area contributed by atoms with Gasteiger partial charge in [0.05, 0.1) is 12.7 Å². The number of hydrogen-bond donors (Lipinski definition) is 2. The highest BCUT2D eigenvalue weighted by Crippen LogP contribution is 2.18. The van der Waals surface area contributed by atoms with Crippen LogP contribution in [0.2, 0.25) is 0 Å². The Bertz CT molecular complexity index is 232. The van der Waals surface area contributed by atoms with Crippen LogP contribution in [0.25, 0.3) is 0 Å². The fourth-order valence-electron chi connectivity index (χ4n) is 2.72. The van der Waals surface area contributed by atoms with Crippen LogP contribution >= 0.6 is 0 Å². The summed E-state index contributed by atoms with van der Waals surface area (Å²) in [5.74, 6) is 0. The summed E-state index contributed by atoms with van der Waals surface area (Å²) in [6.07, 6.45) is 3.72. The number of ether oxygens (including phenoxy) is 1. The lowest BCUT2D eigenvalue weighted by Gasteiger charge is -2.35. The lowest BCUT2D eigenvalue weighted by atomic mass is 9.93. The van der Waals surface area contributed by atoms with Gasteiger partial charge in [0.1, 0.15) is 0 Å². The average Bonchev–Trinajstić information content (AvgIpc) is 2.82. The van der Waals surface area contributed by atoms with Crippen molar-refractivity contribution in [1.82, 2.24) is 10.2 Å². The molecule has 4 nitrogen and oxygen atoms in total. The monoisotopic (exact) mass is 258 g/mol. The van der Waals surface area contributed by atoms with Gasteiger partial charge in [0.2, 0.25) is 0 Å².